The van der Waals surface area contributed by atoms with E-state index in [9.17, 15) is 19.7 Å². The molecule has 0 heterocycles. The number of hydrogen-bond acceptors (Lipinski definition) is 6. The van der Waals surface area contributed by atoms with E-state index in [0.717, 1.165) is 6.29 Å². The predicted octanol–water partition coefficient (Wildman–Crippen LogP) is 4.80. The summed E-state index contributed by atoms with van der Waals surface area (Å²) in [7, 11) is 0. The van der Waals surface area contributed by atoms with Crippen molar-refractivity contribution in [3.63, 3.8) is 0 Å². The lowest BCUT2D eigenvalue weighted by molar-refractivity contribution is -0.385. The van der Waals surface area contributed by atoms with Crippen molar-refractivity contribution in [1.82, 2.24) is 0 Å². The first-order valence-electron chi connectivity index (χ1n) is 7.83. The van der Waals surface area contributed by atoms with Crippen molar-refractivity contribution in [2.45, 2.75) is 0 Å². The number of carbonyl (C=O) groups excluding carboxylic acids is 2. The minimum Gasteiger partial charge on any atom is -0.457 e. The molecule has 7 heteroatoms. The Kier molecular flexibility index (Phi) is 5.22. The lowest BCUT2D eigenvalue weighted by Crippen LogP contribution is -1.95. The van der Waals surface area contributed by atoms with Crippen molar-refractivity contribution < 1.29 is 24.0 Å². The van der Waals surface area contributed by atoms with Crippen molar-refractivity contribution in [2.75, 3.05) is 0 Å². The van der Waals surface area contributed by atoms with E-state index in [1.807, 2.05) is 0 Å². The summed E-state index contributed by atoms with van der Waals surface area (Å²) in [6, 6.07) is 16.7. The monoisotopic (exact) mass is 363 g/mol. The van der Waals surface area contributed by atoms with Gasteiger partial charge in [0.1, 0.15) is 29.8 Å². The fourth-order valence-corrected chi connectivity index (χ4v) is 2.28. The quantitative estimate of drug-likeness (QED) is 0.340. The van der Waals surface area contributed by atoms with E-state index in [0.29, 0.717) is 34.7 Å². The molecule has 0 N–H and O–H groups in total. The summed E-state index contributed by atoms with van der Waals surface area (Å²) in [6.45, 7) is 0. The molecule has 3 aromatic carbocycles. The molecule has 0 saturated heterocycles. The molecule has 0 aliphatic rings. The molecule has 0 aliphatic carbocycles. The second-order valence-corrected chi connectivity index (χ2v) is 5.46. The van der Waals surface area contributed by atoms with Gasteiger partial charge >= 0.3 is 5.69 Å². The SMILES string of the molecule is O=Cc1ccc(Oc2ccc([N+](=O)[O-])c(Oc3ccc(C=O)cc3)c2)cc1. The zero-order valence-electron chi connectivity index (χ0n) is 13.9. The van der Waals surface area contributed by atoms with Gasteiger partial charge in [-0.15, -0.1) is 0 Å². The number of nitro benzene ring substituents is 1. The summed E-state index contributed by atoms with van der Waals surface area (Å²) in [6.07, 6.45) is 1.41. The molecule has 27 heavy (non-hydrogen) atoms. The molecule has 0 amide bonds. The predicted molar refractivity (Wildman–Crippen MR) is 96.9 cm³/mol. The molecule has 0 bridgehead atoms. The van der Waals surface area contributed by atoms with E-state index < -0.39 is 4.92 Å². The first kappa shape index (κ1) is 17.8. The molecule has 134 valence electrons. The maximum absolute atomic E-state index is 11.3. The van der Waals surface area contributed by atoms with Crippen LogP contribution in [0.1, 0.15) is 20.7 Å². The molecule has 0 atom stereocenters. The van der Waals surface area contributed by atoms with E-state index in [4.69, 9.17) is 9.47 Å². The van der Waals surface area contributed by atoms with Crippen LogP contribution in [0.25, 0.3) is 0 Å². The maximum Gasteiger partial charge on any atom is 0.311 e. The number of rotatable bonds is 7. The normalized spacial score (nSPS) is 10.1. The van der Waals surface area contributed by atoms with Gasteiger partial charge in [0, 0.05) is 23.3 Å². The van der Waals surface area contributed by atoms with Crippen molar-refractivity contribution in [1.29, 1.82) is 0 Å². The van der Waals surface area contributed by atoms with Gasteiger partial charge in [-0.2, -0.15) is 0 Å². The Labute approximate surface area is 153 Å². The summed E-state index contributed by atoms with van der Waals surface area (Å²) >= 11 is 0. The number of nitrogens with zero attached hydrogens (tertiary/aromatic N) is 1. The van der Waals surface area contributed by atoms with Crippen LogP contribution in [0.2, 0.25) is 0 Å². The van der Waals surface area contributed by atoms with Gasteiger partial charge in [-0.05, 0) is 54.6 Å². The fourth-order valence-electron chi connectivity index (χ4n) is 2.28. The molecule has 0 saturated carbocycles. The van der Waals surface area contributed by atoms with Crippen molar-refractivity contribution in [3.8, 4) is 23.0 Å². The third-order valence-corrected chi connectivity index (χ3v) is 3.62. The van der Waals surface area contributed by atoms with Gasteiger partial charge in [-0.25, -0.2) is 0 Å². The van der Waals surface area contributed by atoms with Gasteiger partial charge in [0.05, 0.1) is 4.92 Å². The number of hydrogen-bond donors (Lipinski definition) is 0. The highest BCUT2D eigenvalue weighted by atomic mass is 16.6. The fraction of sp³-hybridized carbons (Fsp3) is 0. The van der Waals surface area contributed by atoms with Crippen LogP contribution in [0, 0.1) is 10.1 Å². The first-order chi connectivity index (χ1) is 13.1. The minimum absolute atomic E-state index is 0.000801. The van der Waals surface area contributed by atoms with Crippen LogP contribution in [0.4, 0.5) is 5.69 Å². The zero-order valence-corrected chi connectivity index (χ0v) is 13.9. The molecule has 3 rings (SSSR count). The highest BCUT2D eigenvalue weighted by Crippen LogP contribution is 2.36. The van der Waals surface area contributed by atoms with Gasteiger partial charge in [-0.1, -0.05) is 0 Å². The first-order valence-corrected chi connectivity index (χ1v) is 7.83. The molecular formula is C20H13NO6. The minimum atomic E-state index is -0.558. The van der Waals surface area contributed by atoms with Crippen molar-refractivity contribution in [2.24, 2.45) is 0 Å². The summed E-state index contributed by atoms with van der Waals surface area (Å²) in [5.41, 5.74) is 0.750. The molecule has 3 aromatic rings. The van der Waals surface area contributed by atoms with Crippen molar-refractivity contribution in [3.05, 3.63) is 88.0 Å². The summed E-state index contributed by atoms with van der Waals surface area (Å²) in [4.78, 5) is 32.1. The largest absolute Gasteiger partial charge is 0.457 e. The van der Waals surface area contributed by atoms with E-state index >= 15 is 0 Å². The molecular weight excluding hydrogens is 350 g/mol. The molecule has 0 aromatic heterocycles. The topological polar surface area (TPSA) is 95.7 Å². The second-order valence-electron chi connectivity index (χ2n) is 5.46. The van der Waals surface area contributed by atoms with E-state index in [2.05, 4.69) is 0 Å². The summed E-state index contributed by atoms with van der Waals surface area (Å²) in [5, 5.41) is 11.3. The van der Waals surface area contributed by atoms with Crippen LogP contribution in [-0.4, -0.2) is 17.5 Å². The highest BCUT2D eigenvalue weighted by Gasteiger charge is 2.17. The average Bonchev–Trinajstić information content (AvgIpc) is 2.69. The summed E-state index contributed by atoms with van der Waals surface area (Å²) in [5.74, 6) is 1.15. The van der Waals surface area contributed by atoms with Crippen LogP contribution >= 0.6 is 0 Å². The van der Waals surface area contributed by atoms with E-state index in [-0.39, 0.29) is 11.4 Å². The number of carbonyl (C=O) groups is 2. The Morgan fingerprint density at radius 2 is 1.19 bits per heavy atom. The van der Waals surface area contributed by atoms with Gasteiger partial charge in [0.2, 0.25) is 5.75 Å². The molecule has 7 nitrogen and oxygen atoms in total. The van der Waals surface area contributed by atoms with E-state index in [1.54, 1.807) is 48.5 Å². The molecule has 0 aliphatic heterocycles. The van der Waals surface area contributed by atoms with Crippen molar-refractivity contribution >= 4 is 18.3 Å². The Balaban J connectivity index is 1.87. The number of ether oxygens (including phenoxy) is 2. The summed E-state index contributed by atoms with van der Waals surface area (Å²) < 4.78 is 11.3. The molecule has 0 fully saturated rings. The number of nitro groups is 1. The Morgan fingerprint density at radius 1 is 0.704 bits per heavy atom. The van der Waals surface area contributed by atoms with Crippen LogP contribution in [0.3, 0.4) is 0 Å². The Morgan fingerprint density at radius 3 is 1.67 bits per heavy atom. The second kappa shape index (κ2) is 7.92. The zero-order chi connectivity index (χ0) is 19.2. The number of aldehydes is 2. The van der Waals surface area contributed by atoms with Crippen LogP contribution < -0.4 is 9.47 Å². The van der Waals surface area contributed by atoms with Crippen LogP contribution in [-0.2, 0) is 0 Å². The lowest BCUT2D eigenvalue weighted by Gasteiger charge is -2.10. The molecule has 0 spiro atoms. The third kappa shape index (κ3) is 4.35. The Bertz CT molecular complexity index is 980. The molecule has 0 radical (unpaired) electrons. The Hall–Kier alpha value is -4.00. The number of benzene rings is 3. The van der Waals surface area contributed by atoms with Gasteiger partial charge in [0.15, 0.2) is 0 Å². The third-order valence-electron chi connectivity index (χ3n) is 3.62. The average molecular weight is 363 g/mol. The van der Waals surface area contributed by atoms with Gasteiger partial charge in [-0.3, -0.25) is 19.7 Å². The van der Waals surface area contributed by atoms with E-state index in [1.165, 1.54) is 18.2 Å². The highest BCUT2D eigenvalue weighted by molar-refractivity contribution is 5.75. The van der Waals surface area contributed by atoms with Crippen LogP contribution in [0.15, 0.2) is 66.7 Å². The van der Waals surface area contributed by atoms with Gasteiger partial charge < -0.3 is 9.47 Å². The maximum atomic E-state index is 11.3. The molecule has 0 unspecified atom stereocenters. The van der Waals surface area contributed by atoms with Gasteiger partial charge in [0.25, 0.3) is 0 Å². The lowest BCUT2D eigenvalue weighted by atomic mass is 10.2. The smallest absolute Gasteiger partial charge is 0.311 e. The standard InChI is InChI=1S/C20H13NO6/c22-12-14-1-5-16(6-2-14)26-18-9-10-19(21(24)25)20(11-18)27-17-7-3-15(13-23)4-8-17/h1-13H. The van der Waals surface area contributed by atoms with Crippen LogP contribution in [0.5, 0.6) is 23.0 Å².